The van der Waals surface area contributed by atoms with Crippen LogP contribution >= 0.6 is 0 Å². The third kappa shape index (κ3) is 5.87. The number of nitro benzene ring substituents is 2. The van der Waals surface area contributed by atoms with Gasteiger partial charge in [0.2, 0.25) is 0 Å². The molecule has 2 N–H and O–H groups in total. The molecule has 16 heteroatoms. The number of nitro groups is 2. The van der Waals surface area contributed by atoms with E-state index >= 15 is 0 Å². The zero-order chi connectivity index (χ0) is 28.4. The van der Waals surface area contributed by atoms with Crippen molar-refractivity contribution < 1.29 is 36.2 Å². The minimum absolute atomic E-state index is 0.143. The highest BCUT2D eigenvalue weighted by molar-refractivity contribution is 7.93. The molecule has 0 spiro atoms. The van der Waals surface area contributed by atoms with Gasteiger partial charge in [0.15, 0.2) is 0 Å². The van der Waals surface area contributed by atoms with E-state index in [9.17, 15) is 41.9 Å². The molecule has 0 saturated heterocycles. The Morgan fingerprint density at radius 2 is 1.18 bits per heavy atom. The Labute approximate surface area is 216 Å². The Bertz CT molecular complexity index is 1690. The summed E-state index contributed by atoms with van der Waals surface area (Å²) in [5.74, 6) is -0.860. The monoisotopic (exact) mass is 564 g/mol. The molecule has 0 heterocycles. The molecule has 0 radical (unpaired) electrons. The van der Waals surface area contributed by atoms with E-state index < -0.39 is 62.7 Å². The second-order valence-electron chi connectivity index (χ2n) is 7.88. The van der Waals surface area contributed by atoms with Crippen molar-refractivity contribution in [3.05, 3.63) is 91.5 Å². The molecular formula is C22H20N4O10S2. The third-order valence-corrected chi connectivity index (χ3v) is 8.29. The van der Waals surface area contributed by atoms with E-state index in [0.717, 1.165) is 43.5 Å². The van der Waals surface area contributed by atoms with Crippen molar-refractivity contribution in [3.8, 4) is 0 Å². The van der Waals surface area contributed by atoms with Crippen molar-refractivity contribution in [3.63, 3.8) is 0 Å². The Balaban J connectivity index is 2.13. The maximum Gasteiger partial charge on any atom is 0.337 e. The molecule has 0 unspecified atom stereocenters. The second kappa shape index (κ2) is 10.4. The number of anilines is 2. The van der Waals surface area contributed by atoms with Crippen LogP contribution in [0.25, 0.3) is 0 Å². The van der Waals surface area contributed by atoms with E-state index in [4.69, 9.17) is 0 Å². The third-order valence-electron chi connectivity index (χ3n) is 5.27. The fourth-order valence-electron chi connectivity index (χ4n) is 3.35. The molecule has 0 aliphatic heterocycles. The molecule has 0 bridgehead atoms. The van der Waals surface area contributed by atoms with Crippen LogP contribution in [0.1, 0.15) is 21.5 Å². The predicted octanol–water partition coefficient (Wildman–Crippen LogP) is 3.51. The van der Waals surface area contributed by atoms with E-state index in [1.54, 1.807) is 0 Å². The van der Waals surface area contributed by atoms with Crippen molar-refractivity contribution >= 4 is 48.8 Å². The summed E-state index contributed by atoms with van der Waals surface area (Å²) in [5.41, 5.74) is -1.55. The number of carbonyl (C=O) groups is 1. The van der Waals surface area contributed by atoms with Crippen LogP contribution in [0.2, 0.25) is 0 Å². The minimum atomic E-state index is -4.55. The number of hydrogen-bond acceptors (Lipinski definition) is 10. The van der Waals surface area contributed by atoms with Crippen molar-refractivity contribution in [1.82, 2.24) is 0 Å². The summed E-state index contributed by atoms with van der Waals surface area (Å²) in [6, 6.07) is 9.65. The van der Waals surface area contributed by atoms with Crippen LogP contribution in [0.3, 0.4) is 0 Å². The number of benzene rings is 3. The quantitative estimate of drug-likeness (QED) is 0.220. The number of non-ortho nitro benzene ring substituents is 2. The molecule has 3 aromatic rings. The van der Waals surface area contributed by atoms with Crippen LogP contribution in [0.15, 0.2) is 64.4 Å². The van der Waals surface area contributed by atoms with Gasteiger partial charge in [-0.3, -0.25) is 29.7 Å². The largest absolute Gasteiger partial charge is 0.465 e. The highest BCUT2D eigenvalue weighted by Gasteiger charge is 2.26. The number of rotatable bonds is 9. The molecule has 200 valence electrons. The lowest BCUT2D eigenvalue weighted by Gasteiger charge is -2.17. The van der Waals surface area contributed by atoms with Gasteiger partial charge in [-0.25, -0.2) is 21.6 Å². The van der Waals surface area contributed by atoms with Gasteiger partial charge in [-0.15, -0.1) is 0 Å². The first kappa shape index (κ1) is 28.0. The number of carbonyl (C=O) groups excluding carboxylic acids is 1. The van der Waals surface area contributed by atoms with Gasteiger partial charge in [-0.2, -0.15) is 0 Å². The summed E-state index contributed by atoms with van der Waals surface area (Å²) in [7, 11) is -7.97. The lowest BCUT2D eigenvalue weighted by atomic mass is 10.2. The highest BCUT2D eigenvalue weighted by atomic mass is 32.2. The van der Waals surface area contributed by atoms with Gasteiger partial charge in [0, 0.05) is 24.3 Å². The fourth-order valence-corrected chi connectivity index (χ4v) is 6.03. The van der Waals surface area contributed by atoms with Crippen molar-refractivity contribution in [1.29, 1.82) is 0 Å². The van der Waals surface area contributed by atoms with Gasteiger partial charge < -0.3 is 4.74 Å². The maximum absolute atomic E-state index is 13.2. The van der Waals surface area contributed by atoms with Gasteiger partial charge in [-0.05, 0) is 43.2 Å². The van der Waals surface area contributed by atoms with E-state index in [-0.39, 0.29) is 22.4 Å². The van der Waals surface area contributed by atoms with Crippen LogP contribution in [0.5, 0.6) is 0 Å². The van der Waals surface area contributed by atoms with E-state index in [0.29, 0.717) is 0 Å². The Morgan fingerprint density at radius 3 is 1.61 bits per heavy atom. The first-order chi connectivity index (χ1) is 17.7. The molecule has 3 rings (SSSR count). The molecule has 0 aliphatic rings. The van der Waals surface area contributed by atoms with E-state index in [1.807, 2.05) is 0 Å². The Hall–Kier alpha value is -4.57. The highest BCUT2D eigenvalue weighted by Crippen LogP contribution is 2.32. The average Bonchev–Trinajstić information content (AvgIpc) is 2.84. The SMILES string of the molecule is COC(=O)c1ccc(NS(=O)(=O)c2cc([N+](=O)[O-])ccc2C)c(NS(=O)(=O)c2cc([N+](=O)[O-])ccc2C)c1. The number of aryl methyl sites for hydroxylation is 2. The van der Waals surface area contributed by atoms with Crippen LogP contribution in [0, 0.1) is 34.1 Å². The zero-order valence-electron chi connectivity index (χ0n) is 20.0. The number of sulfonamides is 2. The number of esters is 1. The number of nitrogens with one attached hydrogen (secondary N) is 2. The molecule has 0 amide bonds. The first-order valence-corrected chi connectivity index (χ1v) is 13.4. The Morgan fingerprint density at radius 1 is 0.737 bits per heavy atom. The van der Waals surface area contributed by atoms with Gasteiger partial charge in [0.1, 0.15) is 0 Å². The summed E-state index contributed by atoms with van der Waals surface area (Å²) in [6.45, 7) is 2.81. The minimum Gasteiger partial charge on any atom is -0.465 e. The van der Waals surface area contributed by atoms with Gasteiger partial charge in [-0.1, -0.05) is 12.1 Å². The summed E-state index contributed by atoms with van der Waals surface area (Å²) >= 11 is 0. The van der Waals surface area contributed by atoms with Gasteiger partial charge in [0.25, 0.3) is 31.4 Å². The van der Waals surface area contributed by atoms with Gasteiger partial charge >= 0.3 is 5.97 Å². The molecule has 0 atom stereocenters. The van der Waals surface area contributed by atoms with Crippen molar-refractivity contribution in [2.45, 2.75) is 23.6 Å². The molecular weight excluding hydrogens is 544 g/mol. The van der Waals surface area contributed by atoms with Crippen molar-refractivity contribution in [2.24, 2.45) is 0 Å². The maximum atomic E-state index is 13.2. The number of methoxy groups -OCH3 is 1. The molecule has 0 aliphatic carbocycles. The van der Waals surface area contributed by atoms with Crippen LogP contribution < -0.4 is 9.44 Å². The summed E-state index contributed by atoms with van der Waals surface area (Å²) in [5, 5.41) is 22.3. The van der Waals surface area contributed by atoms with Gasteiger partial charge in [0.05, 0.1) is 43.7 Å². The second-order valence-corrected chi connectivity index (χ2v) is 11.2. The van der Waals surface area contributed by atoms with Crippen LogP contribution in [0.4, 0.5) is 22.7 Å². The lowest BCUT2D eigenvalue weighted by Crippen LogP contribution is -2.19. The summed E-state index contributed by atoms with van der Waals surface area (Å²) < 4.78 is 61.7. The van der Waals surface area contributed by atoms with E-state index in [2.05, 4.69) is 14.2 Å². The van der Waals surface area contributed by atoms with Crippen LogP contribution in [-0.4, -0.2) is 39.8 Å². The predicted molar refractivity (Wildman–Crippen MR) is 135 cm³/mol. The number of nitrogens with zero attached hydrogens (tertiary/aromatic N) is 2. The van der Waals surface area contributed by atoms with Crippen molar-refractivity contribution in [2.75, 3.05) is 16.6 Å². The summed E-state index contributed by atoms with van der Waals surface area (Å²) in [6.07, 6.45) is 0. The smallest absolute Gasteiger partial charge is 0.337 e. The zero-order valence-corrected chi connectivity index (χ0v) is 21.6. The van der Waals surface area contributed by atoms with E-state index in [1.165, 1.54) is 32.0 Å². The fraction of sp³-hybridized carbons (Fsp3) is 0.136. The molecule has 0 aromatic heterocycles. The molecule has 14 nitrogen and oxygen atoms in total. The standard InChI is InChI=1S/C22H20N4O10S2/c1-13-4-7-16(25(28)29)11-20(13)37(32,33)23-18-9-6-15(22(27)36-3)10-19(18)24-38(34,35)21-12-17(26(30)31)8-5-14(21)2/h4-12,23-24H,1-3H3. The average molecular weight is 565 g/mol. The number of ether oxygens (including phenoxy) is 1. The molecule has 3 aromatic carbocycles. The lowest BCUT2D eigenvalue weighted by molar-refractivity contribution is -0.385. The van der Waals surface area contributed by atoms with Crippen LogP contribution in [-0.2, 0) is 24.8 Å². The molecule has 38 heavy (non-hydrogen) atoms. The molecule has 0 fully saturated rings. The topological polar surface area (TPSA) is 205 Å². The Kier molecular flexibility index (Phi) is 7.69. The molecule has 0 saturated carbocycles. The summed E-state index contributed by atoms with van der Waals surface area (Å²) in [4.78, 5) is 31.9. The number of hydrogen-bond donors (Lipinski definition) is 2. The first-order valence-electron chi connectivity index (χ1n) is 10.4. The normalized spacial score (nSPS) is 11.4.